The fourth-order valence-electron chi connectivity index (χ4n) is 0.510. The predicted molar refractivity (Wildman–Crippen MR) is 33.2 cm³/mol. The molecule has 0 aliphatic heterocycles. The first-order valence-electron chi connectivity index (χ1n) is 2.93. The lowest BCUT2D eigenvalue weighted by Gasteiger charge is -2.01. The molecule has 0 aliphatic carbocycles. The second-order valence-corrected chi connectivity index (χ2v) is 1.98. The van der Waals surface area contributed by atoms with E-state index in [0.29, 0.717) is 6.08 Å². The van der Waals surface area contributed by atoms with Crippen LogP contribution in [0.4, 0.5) is 8.78 Å². The minimum Gasteiger partial charge on any atom is -0.481 e. The molecule has 5 heteroatoms. The van der Waals surface area contributed by atoms with Crippen LogP contribution in [0.15, 0.2) is 12.2 Å². The third-order valence-corrected chi connectivity index (χ3v) is 0.954. The fourth-order valence-corrected chi connectivity index (χ4v) is 0.510. The smallest absolute Gasteiger partial charge is 0.305 e. The van der Waals surface area contributed by atoms with Gasteiger partial charge in [0.2, 0.25) is 0 Å². The molecule has 0 saturated heterocycles. The van der Waals surface area contributed by atoms with Gasteiger partial charge in [-0.15, -0.1) is 0 Å². The highest BCUT2D eigenvalue weighted by Gasteiger charge is 2.07. The van der Waals surface area contributed by atoms with E-state index < -0.39 is 24.6 Å². The summed E-state index contributed by atoms with van der Waals surface area (Å²) in [5.74, 6) is -1.20. The van der Waals surface area contributed by atoms with Gasteiger partial charge in [-0.25, -0.2) is 0 Å². The normalized spacial score (nSPS) is 12.3. The molecule has 0 amide bonds. The molecule has 0 heterocycles. The van der Waals surface area contributed by atoms with Gasteiger partial charge in [-0.2, -0.15) is 8.78 Å². The summed E-state index contributed by atoms with van der Waals surface area (Å²) in [6.45, 7) is 0. The predicted octanol–water partition coefficient (Wildman–Crippen LogP) is 0.992. The molecule has 0 aromatic heterocycles. The van der Waals surface area contributed by atoms with E-state index >= 15 is 0 Å². The van der Waals surface area contributed by atoms with E-state index in [1.807, 2.05) is 0 Å². The van der Waals surface area contributed by atoms with Crippen molar-refractivity contribution in [2.75, 3.05) is 0 Å². The maximum absolute atomic E-state index is 11.3. The van der Waals surface area contributed by atoms with Crippen LogP contribution in [0.5, 0.6) is 0 Å². The summed E-state index contributed by atoms with van der Waals surface area (Å²) in [6.07, 6.45) is -3.48. The summed E-state index contributed by atoms with van der Waals surface area (Å²) < 4.78 is 22.7. The summed E-state index contributed by atoms with van der Waals surface area (Å²) in [4.78, 5) is 9.89. The Morgan fingerprint density at radius 1 is 1.55 bits per heavy atom. The molecule has 1 atom stereocenters. The van der Waals surface area contributed by atoms with Crippen LogP contribution in [-0.2, 0) is 4.79 Å². The van der Waals surface area contributed by atoms with Crippen LogP contribution in [0.2, 0.25) is 0 Å². The van der Waals surface area contributed by atoms with Crippen LogP contribution in [0, 0.1) is 0 Å². The SMILES string of the molecule is O=C(O)CC(O)CC=C(F)F. The highest BCUT2D eigenvalue weighted by molar-refractivity contribution is 5.67. The van der Waals surface area contributed by atoms with Crippen molar-refractivity contribution in [2.24, 2.45) is 0 Å². The van der Waals surface area contributed by atoms with Crippen molar-refractivity contribution >= 4 is 5.97 Å². The number of rotatable bonds is 4. The number of hydrogen-bond donors (Lipinski definition) is 2. The van der Waals surface area contributed by atoms with Crippen LogP contribution in [0.1, 0.15) is 12.8 Å². The van der Waals surface area contributed by atoms with Crippen molar-refractivity contribution < 1.29 is 23.8 Å². The molecule has 11 heavy (non-hydrogen) atoms. The van der Waals surface area contributed by atoms with Gasteiger partial charge in [0.05, 0.1) is 12.5 Å². The summed E-state index contributed by atoms with van der Waals surface area (Å²) in [7, 11) is 0. The lowest BCUT2D eigenvalue weighted by molar-refractivity contribution is -0.139. The van der Waals surface area contributed by atoms with Gasteiger partial charge in [0.1, 0.15) is 0 Å². The number of carboxylic acids is 1. The Hall–Kier alpha value is -0.970. The van der Waals surface area contributed by atoms with E-state index in [-0.39, 0.29) is 6.42 Å². The van der Waals surface area contributed by atoms with Crippen LogP contribution in [0.25, 0.3) is 0 Å². The third-order valence-electron chi connectivity index (χ3n) is 0.954. The van der Waals surface area contributed by atoms with Gasteiger partial charge in [-0.05, 0) is 12.5 Å². The Balaban J connectivity index is 3.61. The highest BCUT2D eigenvalue weighted by atomic mass is 19.3. The summed E-state index contributed by atoms with van der Waals surface area (Å²) >= 11 is 0. The highest BCUT2D eigenvalue weighted by Crippen LogP contribution is 2.04. The molecule has 0 spiro atoms. The molecule has 0 rings (SSSR count). The quantitative estimate of drug-likeness (QED) is 0.654. The van der Waals surface area contributed by atoms with Crippen molar-refractivity contribution in [1.29, 1.82) is 0 Å². The van der Waals surface area contributed by atoms with E-state index in [1.165, 1.54) is 0 Å². The number of aliphatic carboxylic acids is 1. The topological polar surface area (TPSA) is 57.5 Å². The molecule has 0 aromatic carbocycles. The summed E-state index contributed by atoms with van der Waals surface area (Å²) in [5.41, 5.74) is 0. The molecule has 3 nitrogen and oxygen atoms in total. The summed E-state index contributed by atoms with van der Waals surface area (Å²) in [5, 5.41) is 16.8. The second-order valence-electron chi connectivity index (χ2n) is 1.98. The fraction of sp³-hybridized carbons (Fsp3) is 0.500. The number of carbonyl (C=O) groups is 1. The molecule has 0 aliphatic rings. The van der Waals surface area contributed by atoms with Crippen LogP contribution < -0.4 is 0 Å². The number of carboxylic acid groups (broad SMARTS) is 1. The Morgan fingerprint density at radius 2 is 2.09 bits per heavy atom. The minimum atomic E-state index is -1.91. The van der Waals surface area contributed by atoms with Gasteiger partial charge in [0, 0.05) is 0 Å². The van der Waals surface area contributed by atoms with Gasteiger partial charge in [-0.3, -0.25) is 4.79 Å². The first-order valence-corrected chi connectivity index (χ1v) is 2.93. The van der Waals surface area contributed by atoms with Crippen molar-refractivity contribution in [1.82, 2.24) is 0 Å². The number of halogens is 2. The standard InChI is InChI=1S/C6H8F2O3/c7-5(8)2-1-4(9)3-6(10)11/h2,4,9H,1,3H2,(H,10,11). The van der Waals surface area contributed by atoms with E-state index in [4.69, 9.17) is 10.2 Å². The number of aliphatic hydroxyl groups excluding tert-OH is 1. The molecule has 0 bridgehead atoms. The molecule has 2 N–H and O–H groups in total. The van der Waals surface area contributed by atoms with E-state index in [2.05, 4.69) is 0 Å². The maximum Gasteiger partial charge on any atom is 0.305 e. The number of aliphatic hydroxyl groups is 1. The van der Waals surface area contributed by atoms with Gasteiger partial charge >= 0.3 is 5.97 Å². The largest absolute Gasteiger partial charge is 0.481 e. The Bertz CT molecular complexity index is 163. The van der Waals surface area contributed by atoms with Crippen molar-refractivity contribution in [3.8, 4) is 0 Å². The van der Waals surface area contributed by atoms with Gasteiger partial charge in [0.15, 0.2) is 0 Å². The Morgan fingerprint density at radius 3 is 2.45 bits per heavy atom. The Labute approximate surface area is 62.0 Å². The zero-order chi connectivity index (χ0) is 8.85. The van der Waals surface area contributed by atoms with Gasteiger partial charge in [0.25, 0.3) is 6.08 Å². The lowest BCUT2D eigenvalue weighted by Crippen LogP contribution is -2.11. The molecular weight excluding hydrogens is 158 g/mol. The Kier molecular flexibility index (Phi) is 4.36. The van der Waals surface area contributed by atoms with E-state index in [9.17, 15) is 13.6 Å². The zero-order valence-electron chi connectivity index (χ0n) is 5.63. The van der Waals surface area contributed by atoms with Crippen LogP contribution in [0.3, 0.4) is 0 Å². The van der Waals surface area contributed by atoms with E-state index in [0.717, 1.165) is 0 Å². The van der Waals surface area contributed by atoms with Crippen molar-refractivity contribution in [3.05, 3.63) is 12.2 Å². The molecule has 64 valence electrons. The van der Waals surface area contributed by atoms with Gasteiger partial charge in [-0.1, -0.05) is 0 Å². The van der Waals surface area contributed by atoms with Crippen molar-refractivity contribution in [2.45, 2.75) is 18.9 Å². The monoisotopic (exact) mass is 166 g/mol. The molecule has 0 saturated carbocycles. The molecule has 0 radical (unpaired) electrons. The first kappa shape index (κ1) is 10.0. The lowest BCUT2D eigenvalue weighted by atomic mass is 10.2. The summed E-state index contributed by atoms with van der Waals surface area (Å²) in [6, 6.07) is 0. The van der Waals surface area contributed by atoms with Gasteiger partial charge < -0.3 is 10.2 Å². The molecular formula is C6H8F2O3. The molecule has 0 aromatic rings. The van der Waals surface area contributed by atoms with E-state index in [1.54, 1.807) is 0 Å². The molecule has 1 unspecified atom stereocenters. The third kappa shape index (κ3) is 6.92. The maximum atomic E-state index is 11.3. The second kappa shape index (κ2) is 4.79. The van der Waals surface area contributed by atoms with Crippen LogP contribution in [-0.4, -0.2) is 22.3 Å². The van der Waals surface area contributed by atoms with Crippen molar-refractivity contribution in [3.63, 3.8) is 0 Å². The average Bonchev–Trinajstić information content (AvgIpc) is 1.82. The zero-order valence-corrected chi connectivity index (χ0v) is 5.63. The molecule has 0 fully saturated rings. The average molecular weight is 166 g/mol. The minimum absolute atomic E-state index is 0.325. The number of hydrogen-bond acceptors (Lipinski definition) is 2. The first-order chi connectivity index (χ1) is 5.02. The van der Waals surface area contributed by atoms with Crippen LogP contribution >= 0.6 is 0 Å².